The number of fused-ring (bicyclic) bond motifs is 2. The molecule has 0 aliphatic carbocycles. The van der Waals surface area contributed by atoms with E-state index in [0.717, 1.165) is 23.5 Å². The van der Waals surface area contributed by atoms with Crippen molar-refractivity contribution >= 4 is 11.2 Å². The highest BCUT2D eigenvalue weighted by atomic mass is 15.0. The van der Waals surface area contributed by atoms with Gasteiger partial charge in [-0.05, 0) is 24.5 Å². The number of hydrogen-bond acceptors (Lipinski definition) is 3. The van der Waals surface area contributed by atoms with Crippen molar-refractivity contribution in [1.29, 1.82) is 0 Å². The van der Waals surface area contributed by atoms with Crippen molar-refractivity contribution in [3.05, 3.63) is 66.4 Å². The van der Waals surface area contributed by atoms with E-state index in [1.807, 2.05) is 35.4 Å². The molecule has 0 fully saturated rings. The van der Waals surface area contributed by atoms with E-state index in [0.29, 0.717) is 5.92 Å². The van der Waals surface area contributed by atoms with Crippen LogP contribution in [0.5, 0.6) is 0 Å². The molecule has 0 amide bonds. The van der Waals surface area contributed by atoms with Gasteiger partial charge in [0, 0.05) is 48.8 Å². The van der Waals surface area contributed by atoms with Crippen molar-refractivity contribution in [3.8, 4) is 0 Å². The number of imidazole rings is 1. The van der Waals surface area contributed by atoms with E-state index < -0.39 is 0 Å². The molecule has 0 spiro atoms. The third kappa shape index (κ3) is 2.37. The zero-order valence-corrected chi connectivity index (χ0v) is 14.2. The maximum atomic E-state index is 4.72. The zero-order valence-electron chi connectivity index (χ0n) is 14.2. The normalized spacial score (nSPS) is 13.2. The Hall–Kier alpha value is -2.69. The maximum absolute atomic E-state index is 4.72. The first kappa shape index (κ1) is 14.9. The van der Waals surface area contributed by atoms with Crippen LogP contribution < -0.4 is 0 Å². The molecule has 0 bridgehead atoms. The van der Waals surface area contributed by atoms with Crippen LogP contribution in [-0.4, -0.2) is 23.8 Å². The minimum absolute atomic E-state index is 0.258. The summed E-state index contributed by atoms with van der Waals surface area (Å²) in [6, 6.07) is 4.23. The molecular formula is C19H21N5. The van der Waals surface area contributed by atoms with E-state index in [-0.39, 0.29) is 5.92 Å². The minimum atomic E-state index is 0.258. The SMILES string of the molecule is CC(C)c1ncc(CC(C)c2nccn3ccnc23)n2cccc12. The zero-order chi connectivity index (χ0) is 16.7. The summed E-state index contributed by atoms with van der Waals surface area (Å²) in [7, 11) is 0. The average molecular weight is 319 g/mol. The predicted molar refractivity (Wildman–Crippen MR) is 94.4 cm³/mol. The molecular weight excluding hydrogens is 298 g/mol. The smallest absolute Gasteiger partial charge is 0.158 e. The van der Waals surface area contributed by atoms with Gasteiger partial charge < -0.3 is 8.80 Å². The molecule has 0 saturated heterocycles. The molecule has 4 rings (SSSR count). The van der Waals surface area contributed by atoms with E-state index in [4.69, 9.17) is 4.98 Å². The molecule has 5 nitrogen and oxygen atoms in total. The van der Waals surface area contributed by atoms with E-state index >= 15 is 0 Å². The first-order valence-corrected chi connectivity index (χ1v) is 8.37. The lowest BCUT2D eigenvalue weighted by molar-refractivity contribution is 0.698. The molecule has 0 aromatic carbocycles. The monoisotopic (exact) mass is 319 g/mol. The summed E-state index contributed by atoms with van der Waals surface area (Å²) >= 11 is 0. The van der Waals surface area contributed by atoms with Gasteiger partial charge >= 0.3 is 0 Å². The maximum Gasteiger partial charge on any atom is 0.158 e. The van der Waals surface area contributed by atoms with Gasteiger partial charge in [-0.15, -0.1) is 0 Å². The highest BCUT2D eigenvalue weighted by Gasteiger charge is 2.16. The lowest BCUT2D eigenvalue weighted by atomic mass is 10.0. The lowest BCUT2D eigenvalue weighted by Crippen LogP contribution is -2.09. The van der Waals surface area contributed by atoms with Crippen molar-refractivity contribution in [2.45, 2.75) is 39.0 Å². The van der Waals surface area contributed by atoms with Crippen LogP contribution in [0.25, 0.3) is 11.2 Å². The topological polar surface area (TPSA) is 47.5 Å². The Morgan fingerprint density at radius 1 is 0.958 bits per heavy atom. The molecule has 4 aromatic rings. The number of hydrogen-bond donors (Lipinski definition) is 0. The first-order valence-electron chi connectivity index (χ1n) is 8.37. The van der Waals surface area contributed by atoms with E-state index in [2.05, 4.69) is 53.5 Å². The second-order valence-corrected chi connectivity index (χ2v) is 6.63. The molecule has 1 unspecified atom stereocenters. The van der Waals surface area contributed by atoms with E-state index in [1.165, 1.54) is 11.2 Å². The van der Waals surface area contributed by atoms with Crippen LogP contribution in [-0.2, 0) is 6.42 Å². The molecule has 5 heteroatoms. The van der Waals surface area contributed by atoms with Gasteiger partial charge in [0.05, 0.1) is 16.9 Å². The average Bonchev–Trinajstić information content (AvgIpc) is 3.23. The van der Waals surface area contributed by atoms with Gasteiger partial charge in [-0.1, -0.05) is 20.8 Å². The standard InChI is InChI=1S/C19H21N5/c1-13(2)17-16-5-4-8-24(16)15(12-22-17)11-14(3)18-19-21-7-10-23(19)9-6-20-18/h4-10,12-14H,11H2,1-3H3. The van der Waals surface area contributed by atoms with Crippen molar-refractivity contribution in [3.63, 3.8) is 0 Å². The van der Waals surface area contributed by atoms with Crippen molar-refractivity contribution in [1.82, 2.24) is 23.8 Å². The van der Waals surface area contributed by atoms with Gasteiger partial charge in [-0.3, -0.25) is 9.97 Å². The Kier molecular flexibility index (Phi) is 3.56. The molecule has 0 N–H and O–H groups in total. The Labute approximate surface area is 141 Å². The van der Waals surface area contributed by atoms with Crippen LogP contribution in [0.4, 0.5) is 0 Å². The van der Waals surface area contributed by atoms with E-state index in [9.17, 15) is 0 Å². The van der Waals surface area contributed by atoms with Gasteiger partial charge in [0.1, 0.15) is 0 Å². The van der Waals surface area contributed by atoms with Gasteiger partial charge in [0.2, 0.25) is 0 Å². The minimum Gasteiger partial charge on any atom is -0.318 e. The fourth-order valence-corrected chi connectivity index (χ4v) is 3.34. The molecule has 1 atom stereocenters. The van der Waals surface area contributed by atoms with Crippen LogP contribution in [0.1, 0.15) is 49.7 Å². The fraction of sp³-hybridized carbons (Fsp3) is 0.316. The summed E-state index contributed by atoms with van der Waals surface area (Å²) in [6.07, 6.45) is 12.5. The highest BCUT2D eigenvalue weighted by Crippen LogP contribution is 2.25. The van der Waals surface area contributed by atoms with Gasteiger partial charge in [0.25, 0.3) is 0 Å². The highest BCUT2D eigenvalue weighted by molar-refractivity contribution is 5.54. The van der Waals surface area contributed by atoms with Crippen molar-refractivity contribution in [2.24, 2.45) is 0 Å². The van der Waals surface area contributed by atoms with Crippen LogP contribution in [0.3, 0.4) is 0 Å². The summed E-state index contributed by atoms with van der Waals surface area (Å²) in [5.41, 5.74) is 5.49. The van der Waals surface area contributed by atoms with Crippen LogP contribution in [0.2, 0.25) is 0 Å². The summed E-state index contributed by atoms with van der Waals surface area (Å²) in [6.45, 7) is 6.56. The second-order valence-electron chi connectivity index (χ2n) is 6.63. The Bertz CT molecular complexity index is 995. The number of nitrogens with zero attached hydrogens (tertiary/aromatic N) is 5. The molecule has 0 aliphatic heterocycles. The fourth-order valence-electron chi connectivity index (χ4n) is 3.34. The molecule has 0 saturated carbocycles. The number of rotatable bonds is 4. The van der Waals surface area contributed by atoms with Gasteiger partial charge in [-0.25, -0.2) is 4.98 Å². The first-order chi connectivity index (χ1) is 11.6. The summed E-state index contributed by atoms with van der Waals surface area (Å²) in [5.74, 6) is 0.669. The number of aromatic nitrogens is 5. The summed E-state index contributed by atoms with van der Waals surface area (Å²) in [5, 5.41) is 0. The molecule has 122 valence electrons. The van der Waals surface area contributed by atoms with E-state index in [1.54, 1.807) is 0 Å². The molecule has 24 heavy (non-hydrogen) atoms. The second kappa shape index (κ2) is 5.74. The summed E-state index contributed by atoms with van der Waals surface area (Å²) < 4.78 is 4.27. The molecule has 0 radical (unpaired) electrons. The van der Waals surface area contributed by atoms with Crippen LogP contribution in [0.15, 0.2) is 49.3 Å². The van der Waals surface area contributed by atoms with Gasteiger partial charge in [-0.2, -0.15) is 0 Å². The third-order valence-electron chi connectivity index (χ3n) is 4.54. The van der Waals surface area contributed by atoms with Crippen molar-refractivity contribution < 1.29 is 0 Å². The third-order valence-corrected chi connectivity index (χ3v) is 4.54. The summed E-state index contributed by atoms with van der Waals surface area (Å²) in [4.78, 5) is 13.7. The van der Waals surface area contributed by atoms with Crippen molar-refractivity contribution in [2.75, 3.05) is 0 Å². The largest absolute Gasteiger partial charge is 0.318 e. The molecule has 4 heterocycles. The quantitative estimate of drug-likeness (QED) is 0.574. The Morgan fingerprint density at radius 2 is 1.75 bits per heavy atom. The molecule has 0 aliphatic rings. The van der Waals surface area contributed by atoms with Gasteiger partial charge in [0.15, 0.2) is 5.65 Å². The van der Waals surface area contributed by atoms with Crippen LogP contribution >= 0.6 is 0 Å². The molecule has 4 aromatic heterocycles. The predicted octanol–water partition coefficient (Wildman–Crippen LogP) is 3.85. The van der Waals surface area contributed by atoms with Crippen LogP contribution in [0, 0.1) is 0 Å². The Balaban J connectivity index is 1.73. The lowest BCUT2D eigenvalue weighted by Gasteiger charge is -2.15. The Morgan fingerprint density at radius 3 is 2.54 bits per heavy atom.